The number of sulfone groups is 1. The van der Waals surface area contributed by atoms with Gasteiger partial charge in [0.2, 0.25) is 0 Å². The molecule has 0 amide bonds. The van der Waals surface area contributed by atoms with Gasteiger partial charge in [-0.3, -0.25) is 0 Å². The minimum Gasteiger partial charge on any atom is -0.224 e. The maximum Gasteiger partial charge on any atom is 0.174 e. The Bertz CT molecular complexity index is 504. The van der Waals surface area contributed by atoms with E-state index >= 15 is 0 Å². The van der Waals surface area contributed by atoms with Crippen LogP contribution in [0.3, 0.4) is 0 Å². The molecule has 92 valence electrons. The van der Waals surface area contributed by atoms with Gasteiger partial charge in [-0.25, -0.2) is 8.42 Å². The zero-order valence-corrected chi connectivity index (χ0v) is 10.6. The highest BCUT2D eigenvalue weighted by atomic mass is 32.2. The van der Waals surface area contributed by atoms with Crippen LogP contribution in [0, 0.1) is 35.5 Å². The average Bonchev–Trinajstić information content (AvgIpc) is 3.05. The number of hydrogen-bond acceptors (Lipinski definition) is 2. The molecule has 17 heavy (non-hydrogen) atoms. The van der Waals surface area contributed by atoms with Gasteiger partial charge in [0.1, 0.15) is 0 Å². The molecule has 0 heterocycles. The van der Waals surface area contributed by atoms with E-state index in [1.807, 2.05) is 0 Å². The molecule has 0 saturated heterocycles. The Morgan fingerprint density at radius 3 is 2.47 bits per heavy atom. The average molecular weight is 250 g/mol. The summed E-state index contributed by atoms with van der Waals surface area (Å²) in [6, 6.07) is 0. The standard InChI is InChI=1S/C14H18O2S/c1-2-17(15,16)12-7-10-6-11(12)14-9-4-3-8(5-9)13(10)14/h2-4,8-14H,1,5-7H2. The summed E-state index contributed by atoms with van der Waals surface area (Å²) in [7, 11) is -3.04. The predicted octanol–water partition coefficient (Wildman–Crippen LogP) is 2.39. The van der Waals surface area contributed by atoms with Crippen molar-refractivity contribution in [2.45, 2.75) is 24.5 Å². The fourth-order valence-electron chi connectivity index (χ4n) is 5.46. The molecule has 0 aliphatic heterocycles. The highest BCUT2D eigenvalue weighted by Gasteiger charge is 2.62. The van der Waals surface area contributed by atoms with E-state index in [-0.39, 0.29) is 5.25 Å². The molecule has 0 radical (unpaired) electrons. The molecule has 4 aliphatic rings. The van der Waals surface area contributed by atoms with Crippen LogP contribution in [0.25, 0.3) is 0 Å². The van der Waals surface area contributed by atoms with Crippen LogP contribution >= 0.6 is 0 Å². The first-order valence-electron chi connectivity index (χ1n) is 6.66. The van der Waals surface area contributed by atoms with Gasteiger partial charge in [-0.1, -0.05) is 18.7 Å². The van der Waals surface area contributed by atoms with Crippen LogP contribution in [-0.2, 0) is 9.84 Å². The van der Waals surface area contributed by atoms with E-state index in [1.54, 1.807) is 0 Å². The van der Waals surface area contributed by atoms with E-state index in [1.165, 1.54) is 11.8 Å². The molecule has 3 heteroatoms. The lowest BCUT2D eigenvalue weighted by Gasteiger charge is -2.35. The lowest BCUT2D eigenvalue weighted by atomic mass is 9.73. The summed E-state index contributed by atoms with van der Waals surface area (Å²) in [6.07, 6.45) is 8.09. The van der Waals surface area contributed by atoms with Crippen LogP contribution in [0.2, 0.25) is 0 Å². The smallest absolute Gasteiger partial charge is 0.174 e. The lowest BCUT2D eigenvalue weighted by Crippen LogP contribution is -2.37. The second kappa shape index (κ2) is 3.05. The van der Waals surface area contributed by atoms with Crippen molar-refractivity contribution in [3.63, 3.8) is 0 Å². The molecule has 3 saturated carbocycles. The third kappa shape index (κ3) is 1.14. The van der Waals surface area contributed by atoms with Crippen molar-refractivity contribution in [2.75, 3.05) is 0 Å². The number of allylic oxidation sites excluding steroid dienone is 2. The largest absolute Gasteiger partial charge is 0.224 e. The molecule has 0 aromatic rings. The molecule has 3 fully saturated rings. The van der Waals surface area contributed by atoms with Crippen LogP contribution in [0.5, 0.6) is 0 Å². The second-order valence-corrected chi connectivity index (χ2v) is 8.41. The Morgan fingerprint density at radius 2 is 1.76 bits per heavy atom. The summed E-state index contributed by atoms with van der Waals surface area (Å²) >= 11 is 0. The molecule has 4 aliphatic carbocycles. The van der Waals surface area contributed by atoms with Crippen molar-refractivity contribution in [1.29, 1.82) is 0 Å². The maximum absolute atomic E-state index is 12.1. The Labute approximate surface area is 103 Å². The van der Waals surface area contributed by atoms with Gasteiger partial charge in [-0.15, -0.1) is 0 Å². The van der Waals surface area contributed by atoms with Crippen LogP contribution in [0.1, 0.15) is 19.3 Å². The van der Waals surface area contributed by atoms with Gasteiger partial charge < -0.3 is 0 Å². The van der Waals surface area contributed by atoms with Crippen LogP contribution < -0.4 is 0 Å². The number of hydrogen-bond donors (Lipinski definition) is 0. The van der Waals surface area contributed by atoms with Gasteiger partial charge in [-0.2, -0.15) is 0 Å². The zero-order valence-electron chi connectivity index (χ0n) is 9.83. The van der Waals surface area contributed by atoms with E-state index in [0.29, 0.717) is 23.7 Å². The molecule has 0 N–H and O–H groups in total. The predicted molar refractivity (Wildman–Crippen MR) is 66.8 cm³/mol. The van der Waals surface area contributed by atoms with E-state index in [0.717, 1.165) is 24.7 Å². The highest BCUT2D eigenvalue weighted by Crippen LogP contribution is 2.66. The van der Waals surface area contributed by atoms with Crippen molar-refractivity contribution in [1.82, 2.24) is 0 Å². The fraction of sp³-hybridized carbons (Fsp3) is 0.714. The molecule has 2 nitrogen and oxygen atoms in total. The van der Waals surface area contributed by atoms with Crippen LogP contribution in [0.4, 0.5) is 0 Å². The van der Waals surface area contributed by atoms with E-state index in [2.05, 4.69) is 18.7 Å². The molecule has 0 aromatic carbocycles. The summed E-state index contributed by atoms with van der Waals surface area (Å²) in [5.74, 6) is 4.03. The SMILES string of the molecule is C=CS(=O)(=O)C1CC2CC1C1C3C=CC(C3)C21. The van der Waals surface area contributed by atoms with Crippen LogP contribution in [0.15, 0.2) is 24.1 Å². The lowest BCUT2D eigenvalue weighted by molar-refractivity contribution is 0.208. The van der Waals surface area contributed by atoms with Crippen LogP contribution in [-0.4, -0.2) is 13.7 Å². The Kier molecular flexibility index (Phi) is 1.86. The third-order valence-corrected chi connectivity index (χ3v) is 7.71. The first-order valence-corrected chi connectivity index (χ1v) is 8.27. The summed E-state index contributed by atoms with van der Waals surface area (Å²) in [5, 5.41) is 1.08. The van der Waals surface area contributed by atoms with E-state index in [4.69, 9.17) is 0 Å². The van der Waals surface area contributed by atoms with Gasteiger partial charge >= 0.3 is 0 Å². The molecule has 4 rings (SSSR count). The molecule has 7 unspecified atom stereocenters. The highest BCUT2D eigenvalue weighted by molar-refractivity contribution is 7.94. The van der Waals surface area contributed by atoms with Crippen molar-refractivity contribution in [3.8, 4) is 0 Å². The number of fused-ring (bicyclic) bond motifs is 9. The first-order chi connectivity index (χ1) is 8.12. The van der Waals surface area contributed by atoms with Crippen molar-refractivity contribution in [2.24, 2.45) is 35.5 Å². The Hall–Kier alpha value is -0.570. The number of rotatable bonds is 2. The fourth-order valence-corrected chi connectivity index (χ4v) is 7.00. The molecule has 0 spiro atoms. The van der Waals surface area contributed by atoms with Gasteiger partial charge in [-0.05, 0) is 54.8 Å². The Balaban J connectivity index is 1.72. The zero-order chi connectivity index (χ0) is 11.8. The van der Waals surface area contributed by atoms with Gasteiger partial charge in [0.05, 0.1) is 5.25 Å². The van der Waals surface area contributed by atoms with Crippen molar-refractivity contribution < 1.29 is 8.42 Å². The topological polar surface area (TPSA) is 34.1 Å². The molecule has 0 aromatic heterocycles. The molecule has 4 bridgehead atoms. The Morgan fingerprint density at radius 1 is 1.06 bits per heavy atom. The monoisotopic (exact) mass is 250 g/mol. The first kappa shape index (κ1) is 10.4. The maximum atomic E-state index is 12.1. The quantitative estimate of drug-likeness (QED) is 0.557. The molecular formula is C14H18O2S. The normalized spacial score (nSPS) is 54.2. The minimum absolute atomic E-state index is 0.112. The van der Waals surface area contributed by atoms with Crippen molar-refractivity contribution in [3.05, 3.63) is 24.1 Å². The van der Waals surface area contributed by atoms with E-state index < -0.39 is 9.84 Å². The van der Waals surface area contributed by atoms with Gasteiger partial charge in [0, 0.05) is 5.41 Å². The van der Waals surface area contributed by atoms with Crippen molar-refractivity contribution >= 4 is 9.84 Å². The summed E-state index contributed by atoms with van der Waals surface area (Å²) in [5.41, 5.74) is 0. The van der Waals surface area contributed by atoms with Gasteiger partial charge in [0.25, 0.3) is 0 Å². The molecular weight excluding hydrogens is 232 g/mol. The third-order valence-electron chi connectivity index (χ3n) is 5.86. The summed E-state index contributed by atoms with van der Waals surface area (Å²) in [6.45, 7) is 3.49. The summed E-state index contributed by atoms with van der Waals surface area (Å²) in [4.78, 5) is 0. The minimum atomic E-state index is -3.04. The second-order valence-electron chi connectivity index (χ2n) is 6.29. The molecule has 7 atom stereocenters. The van der Waals surface area contributed by atoms with E-state index in [9.17, 15) is 8.42 Å². The van der Waals surface area contributed by atoms with Gasteiger partial charge in [0.15, 0.2) is 9.84 Å². The summed E-state index contributed by atoms with van der Waals surface area (Å²) < 4.78 is 24.1.